The summed E-state index contributed by atoms with van der Waals surface area (Å²) < 4.78 is 5.12. The van der Waals surface area contributed by atoms with Gasteiger partial charge in [-0.3, -0.25) is 9.78 Å². The lowest BCUT2D eigenvalue weighted by atomic mass is 10.1. The van der Waals surface area contributed by atoms with Crippen molar-refractivity contribution in [2.45, 2.75) is 19.8 Å². The molecule has 5 heteroatoms. The second-order valence-electron chi connectivity index (χ2n) is 5.67. The van der Waals surface area contributed by atoms with Gasteiger partial charge in [-0.05, 0) is 48.9 Å². The highest BCUT2D eigenvalue weighted by Gasteiger charge is 2.11. The Bertz CT molecular complexity index is 659. The summed E-state index contributed by atoms with van der Waals surface area (Å²) in [6.45, 7) is 4.70. The highest BCUT2D eigenvalue weighted by molar-refractivity contribution is 5.97. The van der Waals surface area contributed by atoms with Crippen molar-refractivity contribution in [3.63, 3.8) is 0 Å². The Hall–Kier alpha value is -2.40. The summed E-state index contributed by atoms with van der Waals surface area (Å²) in [6, 6.07) is 9.25. The largest absolute Gasteiger partial charge is 0.495 e. The van der Waals surface area contributed by atoms with E-state index in [1.165, 1.54) is 5.56 Å². The Morgan fingerprint density at radius 3 is 2.58 bits per heavy atom. The third kappa shape index (κ3) is 5.06. The molecule has 0 radical (unpaired) electrons. The number of anilines is 1. The van der Waals surface area contributed by atoms with E-state index in [9.17, 15) is 4.79 Å². The molecule has 1 heterocycles. The smallest absolute Gasteiger partial charge is 0.164 e. The van der Waals surface area contributed by atoms with E-state index in [1.807, 2.05) is 24.5 Å². The van der Waals surface area contributed by atoms with Crippen LogP contribution in [-0.4, -0.2) is 42.4 Å². The van der Waals surface area contributed by atoms with Crippen LogP contribution in [0.3, 0.4) is 0 Å². The summed E-state index contributed by atoms with van der Waals surface area (Å²) in [6.07, 6.45) is 5.06. The van der Waals surface area contributed by atoms with Crippen LogP contribution in [0.5, 0.6) is 5.75 Å². The molecule has 128 valence electrons. The molecule has 1 aromatic carbocycles. The summed E-state index contributed by atoms with van der Waals surface area (Å²) >= 11 is 0. The molecule has 0 atom stereocenters. The molecule has 0 aliphatic rings. The number of hydrogen-bond donors (Lipinski definition) is 1. The molecular formula is C19H25N3O2. The molecule has 0 aliphatic heterocycles. The van der Waals surface area contributed by atoms with Crippen molar-refractivity contribution in [3.05, 3.63) is 53.9 Å². The monoisotopic (exact) mass is 327 g/mol. The van der Waals surface area contributed by atoms with Gasteiger partial charge in [0.15, 0.2) is 5.78 Å². The number of Topliss-reactive ketones (excluding diaryl/α,β-unsaturated/α-hetero) is 1. The van der Waals surface area contributed by atoms with Gasteiger partial charge < -0.3 is 15.4 Å². The standard InChI is InChI=1S/C19H25N3O2/c1-3-22(12-8-15-6-10-21-11-7-15)13-9-18(23)16-4-5-19(24-2)17(20)14-16/h4-7,10-11,14H,3,8-9,12-13,20H2,1-2H3. The molecule has 2 rings (SSSR count). The Labute approximate surface area is 143 Å². The fraction of sp³-hybridized carbons (Fsp3) is 0.368. The van der Waals surface area contributed by atoms with Gasteiger partial charge in [-0.15, -0.1) is 0 Å². The van der Waals surface area contributed by atoms with Crippen LogP contribution >= 0.6 is 0 Å². The number of ether oxygens (including phenoxy) is 1. The van der Waals surface area contributed by atoms with Crippen molar-refractivity contribution in [3.8, 4) is 5.75 Å². The Morgan fingerprint density at radius 2 is 1.96 bits per heavy atom. The number of nitrogen functional groups attached to an aromatic ring is 1. The summed E-state index contributed by atoms with van der Waals surface area (Å²) in [5, 5.41) is 0. The number of methoxy groups -OCH3 is 1. The molecular weight excluding hydrogens is 302 g/mol. The van der Waals surface area contributed by atoms with Gasteiger partial charge >= 0.3 is 0 Å². The van der Waals surface area contributed by atoms with Crippen LogP contribution in [-0.2, 0) is 6.42 Å². The van der Waals surface area contributed by atoms with Gasteiger partial charge in [-0.1, -0.05) is 6.92 Å². The number of ketones is 1. The van der Waals surface area contributed by atoms with E-state index >= 15 is 0 Å². The third-order valence-electron chi connectivity index (χ3n) is 4.12. The van der Waals surface area contributed by atoms with E-state index < -0.39 is 0 Å². The number of likely N-dealkylation sites (N-methyl/N-ethyl adjacent to an activating group) is 1. The first-order valence-electron chi connectivity index (χ1n) is 8.22. The van der Waals surface area contributed by atoms with Crippen molar-refractivity contribution < 1.29 is 9.53 Å². The van der Waals surface area contributed by atoms with E-state index in [4.69, 9.17) is 10.5 Å². The quantitative estimate of drug-likeness (QED) is 0.566. The van der Waals surface area contributed by atoms with Gasteiger partial charge in [-0.2, -0.15) is 0 Å². The van der Waals surface area contributed by atoms with Gasteiger partial charge in [0.05, 0.1) is 12.8 Å². The summed E-state index contributed by atoms with van der Waals surface area (Å²) in [7, 11) is 1.56. The zero-order valence-electron chi connectivity index (χ0n) is 14.4. The fourth-order valence-corrected chi connectivity index (χ4v) is 2.58. The molecule has 0 saturated carbocycles. The zero-order chi connectivity index (χ0) is 17.4. The number of carbonyl (C=O) groups is 1. The number of nitrogens with two attached hydrogens (primary N) is 1. The molecule has 24 heavy (non-hydrogen) atoms. The number of rotatable bonds is 9. The van der Waals surface area contributed by atoms with Crippen LogP contribution in [0.4, 0.5) is 5.69 Å². The van der Waals surface area contributed by atoms with Crippen LogP contribution in [0.25, 0.3) is 0 Å². The number of hydrogen-bond acceptors (Lipinski definition) is 5. The minimum atomic E-state index is 0.103. The highest BCUT2D eigenvalue weighted by atomic mass is 16.5. The van der Waals surface area contributed by atoms with E-state index in [2.05, 4.69) is 16.8 Å². The van der Waals surface area contributed by atoms with Crippen molar-refractivity contribution in [1.82, 2.24) is 9.88 Å². The molecule has 2 N–H and O–H groups in total. The molecule has 0 bridgehead atoms. The van der Waals surface area contributed by atoms with Gasteiger partial charge in [0.2, 0.25) is 0 Å². The molecule has 0 aliphatic carbocycles. The number of aromatic nitrogens is 1. The Morgan fingerprint density at radius 1 is 1.21 bits per heavy atom. The summed E-state index contributed by atoms with van der Waals surface area (Å²) in [4.78, 5) is 18.7. The average molecular weight is 327 g/mol. The predicted molar refractivity (Wildman–Crippen MR) is 96.4 cm³/mol. The second-order valence-corrected chi connectivity index (χ2v) is 5.67. The lowest BCUT2D eigenvalue weighted by Crippen LogP contribution is -2.28. The van der Waals surface area contributed by atoms with Gasteiger partial charge in [0, 0.05) is 37.5 Å². The maximum Gasteiger partial charge on any atom is 0.164 e. The highest BCUT2D eigenvalue weighted by Crippen LogP contribution is 2.22. The topological polar surface area (TPSA) is 68.5 Å². The second kappa shape index (κ2) is 9.03. The van der Waals surface area contributed by atoms with E-state index in [-0.39, 0.29) is 5.78 Å². The number of benzene rings is 1. The van der Waals surface area contributed by atoms with Gasteiger partial charge in [0.25, 0.3) is 0 Å². The number of pyridine rings is 1. The molecule has 0 saturated heterocycles. The van der Waals surface area contributed by atoms with Gasteiger partial charge in [0.1, 0.15) is 5.75 Å². The van der Waals surface area contributed by atoms with E-state index in [0.29, 0.717) is 23.4 Å². The first-order valence-corrected chi connectivity index (χ1v) is 8.22. The molecule has 0 unspecified atom stereocenters. The van der Waals surface area contributed by atoms with E-state index in [0.717, 1.165) is 26.1 Å². The van der Waals surface area contributed by atoms with Crippen molar-refractivity contribution in [1.29, 1.82) is 0 Å². The Balaban J connectivity index is 1.85. The van der Waals surface area contributed by atoms with E-state index in [1.54, 1.807) is 25.3 Å². The lowest BCUT2D eigenvalue weighted by molar-refractivity contribution is 0.0965. The number of nitrogens with zero attached hydrogens (tertiary/aromatic N) is 2. The molecule has 0 fully saturated rings. The predicted octanol–water partition coefficient (Wildman–Crippen LogP) is 2.81. The number of carbonyl (C=O) groups excluding carboxylic acids is 1. The minimum Gasteiger partial charge on any atom is -0.495 e. The SMILES string of the molecule is CCN(CCC(=O)c1ccc(OC)c(N)c1)CCc1ccncc1. The van der Waals surface area contributed by atoms with Crippen molar-refractivity contribution in [2.75, 3.05) is 32.5 Å². The fourth-order valence-electron chi connectivity index (χ4n) is 2.58. The average Bonchev–Trinajstić information content (AvgIpc) is 2.62. The van der Waals surface area contributed by atoms with Crippen LogP contribution in [0, 0.1) is 0 Å². The first kappa shape index (κ1) is 17.9. The first-order chi connectivity index (χ1) is 11.6. The zero-order valence-corrected chi connectivity index (χ0v) is 14.4. The minimum absolute atomic E-state index is 0.103. The van der Waals surface area contributed by atoms with Crippen molar-refractivity contribution >= 4 is 11.5 Å². The van der Waals surface area contributed by atoms with Crippen molar-refractivity contribution in [2.24, 2.45) is 0 Å². The Kier molecular flexibility index (Phi) is 6.75. The maximum atomic E-state index is 12.4. The molecule has 0 spiro atoms. The molecule has 0 amide bonds. The van der Waals surface area contributed by atoms with Crippen LogP contribution in [0.1, 0.15) is 29.3 Å². The third-order valence-corrected chi connectivity index (χ3v) is 4.12. The summed E-state index contributed by atoms with van der Waals surface area (Å²) in [5.41, 5.74) is 8.26. The molecule has 5 nitrogen and oxygen atoms in total. The van der Waals surface area contributed by atoms with Crippen LogP contribution in [0.2, 0.25) is 0 Å². The molecule has 1 aromatic heterocycles. The van der Waals surface area contributed by atoms with Crippen LogP contribution < -0.4 is 10.5 Å². The lowest BCUT2D eigenvalue weighted by Gasteiger charge is -2.20. The van der Waals surface area contributed by atoms with Gasteiger partial charge in [-0.25, -0.2) is 0 Å². The normalized spacial score (nSPS) is 10.8. The van der Waals surface area contributed by atoms with Crippen LogP contribution in [0.15, 0.2) is 42.7 Å². The summed E-state index contributed by atoms with van der Waals surface area (Å²) in [5.74, 6) is 0.700. The maximum absolute atomic E-state index is 12.4. The molecule has 2 aromatic rings.